The Labute approximate surface area is 196 Å². The molecule has 1 unspecified atom stereocenters. The lowest BCUT2D eigenvalue weighted by Crippen LogP contribution is -2.44. The predicted octanol–water partition coefficient (Wildman–Crippen LogP) is 1.57. The number of pyridine rings is 1. The van der Waals surface area contributed by atoms with Crippen LogP contribution in [0.1, 0.15) is 24.8 Å². The lowest BCUT2D eigenvalue weighted by atomic mass is 10.1. The fourth-order valence-corrected chi connectivity index (χ4v) is 2.75. The second kappa shape index (κ2) is 12.2. The van der Waals surface area contributed by atoms with E-state index in [1.54, 1.807) is 12.1 Å². The third-order valence-corrected chi connectivity index (χ3v) is 4.60. The topological polar surface area (TPSA) is 184 Å². The van der Waals surface area contributed by atoms with E-state index in [1.807, 2.05) is 0 Å². The first-order valence-electron chi connectivity index (χ1n) is 9.53. The first-order chi connectivity index (χ1) is 15.6. The quantitative estimate of drug-likeness (QED) is 0.226. The van der Waals surface area contributed by atoms with Gasteiger partial charge in [-0.05, 0) is 45.8 Å². The molecule has 1 heterocycles. The minimum Gasteiger partial charge on any atom is -0.459 e. The summed E-state index contributed by atoms with van der Waals surface area (Å²) in [6.45, 7) is -0.232. The zero-order valence-electron chi connectivity index (χ0n) is 17.2. The van der Waals surface area contributed by atoms with Gasteiger partial charge in [-0.25, -0.2) is 9.78 Å². The summed E-state index contributed by atoms with van der Waals surface area (Å²) < 4.78 is 5.82. The van der Waals surface area contributed by atoms with Crippen molar-refractivity contribution < 1.29 is 28.8 Å². The molecule has 0 aliphatic rings. The fourth-order valence-electron chi connectivity index (χ4n) is 2.51. The van der Waals surface area contributed by atoms with Crippen LogP contribution in [0.25, 0.3) is 0 Å². The van der Waals surface area contributed by atoms with Crippen molar-refractivity contribution in [3.05, 3.63) is 62.7 Å². The standard InChI is InChI=1S/C20H20BrN5O7/c21-13-3-6-17(23-10-13)25-19(29)8-7-18(28)24-15(9-16(22)27)20(30)33-11-12-1-4-14(5-2-12)26(31)32/h1-6,10,15H,7-9,11H2,(H2,22,27)(H,24,28)(H,23,25,29). The first-order valence-corrected chi connectivity index (χ1v) is 10.3. The Balaban J connectivity index is 1.85. The van der Waals surface area contributed by atoms with Crippen LogP contribution in [0, 0.1) is 10.1 Å². The summed E-state index contributed by atoms with van der Waals surface area (Å²) in [6, 6.07) is 7.24. The average molecular weight is 522 g/mol. The van der Waals surface area contributed by atoms with Gasteiger partial charge in [0.1, 0.15) is 18.5 Å². The minimum atomic E-state index is -1.34. The number of nitro benzene ring substituents is 1. The van der Waals surface area contributed by atoms with E-state index in [0.29, 0.717) is 11.4 Å². The van der Waals surface area contributed by atoms with Gasteiger partial charge in [0, 0.05) is 35.6 Å². The van der Waals surface area contributed by atoms with Crippen LogP contribution in [0.15, 0.2) is 47.1 Å². The summed E-state index contributed by atoms with van der Waals surface area (Å²) in [5, 5.41) is 15.5. The smallest absolute Gasteiger partial charge is 0.329 e. The molecule has 0 fully saturated rings. The summed E-state index contributed by atoms with van der Waals surface area (Å²) in [5.41, 5.74) is 5.49. The van der Waals surface area contributed by atoms with Gasteiger partial charge in [0.25, 0.3) is 5.69 Å². The van der Waals surface area contributed by atoms with Gasteiger partial charge in [-0.2, -0.15) is 0 Å². The number of esters is 1. The molecule has 2 aromatic rings. The molecule has 2 rings (SSSR count). The molecule has 0 bridgehead atoms. The van der Waals surface area contributed by atoms with Crippen molar-refractivity contribution in [3.8, 4) is 0 Å². The maximum atomic E-state index is 12.3. The predicted molar refractivity (Wildman–Crippen MR) is 118 cm³/mol. The number of nitrogens with one attached hydrogen (secondary N) is 2. The Morgan fingerprint density at radius 2 is 1.76 bits per heavy atom. The number of nitrogens with two attached hydrogens (primary N) is 1. The van der Waals surface area contributed by atoms with Crippen LogP contribution in [-0.2, 0) is 30.5 Å². The molecule has 33 heavy (non-hydrogen) atoms. The van der Waals surface area contributed by atoms with Gasteiger partial charge in [-0.15, -0.1) is 0 Å². The van der Waals surface area contributed by atoms with Crippen molar-refractivity contribution in [2.45, 2.75) is 31.9 Å². The summed E-state index contributed by atoms with van der Waals surface area (Å²) in [5.74, 6) is -2.57. The van der Waals surface area contributed by atoms with Gasteiger partial charge in [-0.1, -0.05) is 0 Å². The van der Waals surface area contributed by atoms with Gasteiger partial charge in [0.15, 0.2) is 0 Å². The molecule has 13 heteroatoms. The third kappa shape index (κ3) is 9.03. The molecule has 4 N–H and O–H groups in total. The second-order valence-corrected chi connectivity index (χ2v) is 7.65. The number of carbonyl (C=O) groups is 4. The highest BCUT2D eigenvalue weighted by atomic mass is 79.9. The zero-order valence-corrected chi connectivity index (χ0v) is 18.7. The number of carbonyl (C=O) groups excluding carboxylic acids is 4. The van der Waals surface area contributed by atoms with E-state index < -0.39 is 41.1 Å². The molecular formula is C20H20BrN5O7. The summed E-state index contributed by atoms with van der Waals surface area (Å²) in [7, 11) is 0. The summed E-state index contributed by atoms with van der Waals surface area (Å²) in [6.07, 6.45) is 0.552. The molecule has 0 saturated heterocycles. The number of anilines is 1. The number of primary amides is 1. The molecule has 3 amide bonds. The number of aromatic nitrogens is 1. The number of hydrogen-bond donors (Lipinski definition) is 3. The number of rotatable bonds is 11. The zero-order chi connectivity index (χ0) is 24.4. The highest BCUT2D eigenvalue weighted by molar-refractivity contribution is 9.10. The van der Waals surface area contributed by atoms with Crippen LogP contribution in [0.5, 0.6) is 0 Å². The number of hydrogen-bond acceptors (Lipinski definition) is 8. The van der Waals surface area contributed by atoms with Crippen molar-refractivity contribution in [2.24, 2.45) is 5.73 Å². The van der Waals surface area contributed by atoms with E-state index in [9.17, 15) is 29.3 Å². The maximum Gasteiger partial charge on any atom is 0.329 e. The number of halogens is 1. The fraction of sp³-hybridized carbons (Fsp3) is 0.250. The Kier molecular flexibility index (Phi) is 9.42. The highest BCUT2D eigenvalue weighted by Gasteiger charge is 2.25. The molecule has 12 nitrogen and oxygen atoms in total. The second-order valence-electron chi connectivity index (χ2n) is 6.73. The normalized spacial score (nSPS) is 11.2. The monoisotopic (exact) mass is 521 g/mol. The molecule has 0 saturated carbocycles. The lowest BCUT2D eigenvalue weighted by molar-refractivity contribution is -0.384. The highest BCUT2D eigenvalue weighted by Crippen LogP contribution is 2.13. The summed E-state index contributed by atoms with van der Waals surface area (Å²) >= 11 is 3.22. The Hall–Kier alpha value is -3.87. The van der Waals surface area contributed by atoms with Crippen LogP contribution >= 0.6 is 15.9 Å². The van der Waals surface area contributed by atoms with Gasteiger partial charge in [0.2, 0.25) is 17.7 Å². The summed E-state index contributed by atoms with van der Waals surface area (Å²) in [4.78, 5) is 61.9. The van der Waals surface area contributed by atoms with Crippen LogP contribution in [0.2, 0.25) is 0 Å². The lowest BCUT2D eigenvalue weighted by Gasteiger charge is -2.16. The average Bonchev–Trinajstić information content (AvgIpc) is 2.77. The van der Waals surface area contributed by atoms with E-state index in [1.165, 1.54) is 30.5 Å². The maximum absolute atomic E-state index is 12.3. The molecule has 1 atom stereocenters. The van der Waals surface area contributed by atoms with E-state index in [2.05, 4.69) is 31.5 Å². The van der Waals surface area contributed by atoms with Gasteiger partial charge >= 0.3 is 5.97 Å². The van der Waals surface area contributed by atoms with E-state index in [-0.39, 0.29) is 25.1 Å². The molecule has 0 spiro atoms. The number of nitrogens with zero attached hydrogens (tertiary/aromatic N) is 2. The van der Waals surface area contributed by atoms with Crippen molar-refractivity contribution in [3.63, 3.8) is 0 Å². The first kappa shape index (κ1) is 25.4. The van der Waals surface area contributed by atoms with Gasteiger partial charge < -0.3 is 21.1 Å². The number of nitro groups is 1. The molecule has 174 valence electrons. The molecule has 0 radical (unpaired) electrons. The Morgan fingerprint density at radius 3 is 2.33 bits per heavy atom. The van der Waals surface area contributed by atoms with E-state index >= 15 is 0 Å². The van der Waals surface area contributed by atoms with Crippen molar-refractivity contribution in [1.82, 2.24) is 10.3 Å². The SMILES string of the molecule is NC(=O)CC(NC(=O)CCC(=O)Nc1ccc(Br)cn1)C(=O)OCc1ccc([N+](=O)[O-])cc1. The molecule has 1 aromatic heterocycles. The van der Waals surface area contributed by atoms with Crippen molar-refractivity contribution >= 4 is 51.1 Å². The van der Waals surface area contributed by atoms with E-state index in [4.69, 9.17) is 10.5 Å². The van der Waals surface area contributed by atoms with E-state index in [0.717, 1.165) is 4.47 Å². The molecule has 1 aromatic carbocycles. The van der Waals surface area contributed by atoms with Crippen molar-refractivity contribution in [1.29, 1.82) is 0 Å². The third-order valence-electron chi connectivity index (χ3n) is 4.13. The van der Waals surface area contributed by atoms with Crippen LogP contribution in [-0.4, -0.2) is 39.6 Å². The number of benzene rings is 1. The number of non-ortho nitro benzene ring substituents is 1. The minimum absolute atomic E-state index is 0.121. The number of amides is 3. The number of ether oxygens (including phenoxy) is 1. The van der Waals surface area contributed by atoms with Gasteiger partial charge in [-0.3, -0.25) is 24.5 Å². The Morgan fingerprint density at radius 1 is 1.09 bits per heavy atom. The van der Waals surface area contributed by atoms with Gasteiger partial charge in [0.05, 0.1) is 11.3 Å². The van der Waals surface area contributed by atoms with Crippen LogP contribution in [0.4, 0.5) is 11.5 Å². The molecule has 0 aliphatic heterocycles. The van der Waals surface area contributed by atoms with Crippen molar-refractivity contribution in [2.75, 3.05) is 5.32 Å². The largest absolute Gasteiger partial charge is 0.459 e. The Bertz CT molecular complexity index is 1030. The molecular weight excluding hydrogens is 502 g/mol. The molecule has 0 aliphatic carbocycles. The van der Waals surface area contributed by atoms with Crippen LogP contribution in [0.3, 0.4) is 0 Å². The van der Waals surface area contributed by atoms with Crippen LogP contribution < -0.4 is 16.4 Å².